The average Bonchev–Trinajstić information content (AvgIpc) is 3.19. The number of anilines is 1. The Morgan fingerprint density at radius 3 is 2.35 bits per heavy atom. The molecule has 12 heteroatoms. The first-order valence-electron chi connectivity index (χ1n) is 8.70. The number of nitrogens with one attached hydrogen (secondary N) is 1. The number of sulfone groups is 1. The van der Waals surface area contributed by atoms with Gasteiger partial charge in [0.1, 0.15) is 15.8 Å². The van der Waals surface area contributed by atoms with Gasteiger partial charge in [0, 0.05) is 12.1 Å². The summed E-state index contributed by atoms with van der Waals surface area (Å²) in [6, 6.07) is 9.58. The normalized spacial score (nSPS) is 11.7. The smallest absolute Gasteiger partial charge is 0.269 e. The molecule has 0 radical (unpaired) electrons. The lowest BCUT2D eigenvalue weighted by molar-refractivity contribution is -0.384. The molecule has 0 aliphatic rings. The quantitative estimate of drug-likeness (QED) is 0.415. The molecular weight excluding hydrogens is 449 g/mol. The number of nitrogens with zero attached hydrogens (tertiary/aromatic N) is 2. The number of nitro benzene ring substituents is 1. The van der Waals surface area contributed by atoms with E-state index in [-0.39, 0.29) is 25.7 Å². The maximum Gasteiger partial charge on any atom is 0.269 e. The number of amides is 1. The predicted octanol–water partition coefficient (Wildman–Crippen LogP) is 3.82. The topological polar surface area (TPSA) is 128 Å². The van der Waals surface area contributed by atoms with E-state index in [0.29, 0.717) is 0 Å². The van der Waals surface area contributed by atoms with Crippen LogP contribution in [0.2, 0.25) is 0 Å². The predicted molar refractivity (Wildman–Crippen MR) is 110 cm³/mol. The molecule has 1 amide bonds. The maximum absolute atomic E-state index is 13.0. The molecule has 31 heavy (non-hydrogen) atoms. The average molecular weight is 465 g/mol. The van der Waals surface area contributed by atoms with Gasteiger partial charge in [-0.2, -0.15) is 0 Å². The summed E-state index contributed by atoms with van der Waals surface area (Å²) < 4.78 is 43.9. The molecule has 0 saturated heterocycles. The molecular formula is C19H16FN3O6S2. The van der Waals surface area contributed by atoms with E-state index in [4.69, 9.17) is 4.74 Å². The van der Waals surface area contributed by atoms with Crippen LogP contribution in [0, 0.1) is 15.9 Å². The first-order valence-corrected chi connectivity index (χ1v) is 11.0. The monoisotopic (exact) mass is 465 g/mol. The lowest BCUT2D eigenvalue weighted by Crippen LogP contribution is -2.42. The zero-order valence-electron chi connectivity index (χ0n) is 16.2. The Balaban J connectivity index is 1.74. The maximum atomic E-state index is 13.0. The number of benzene rings is 2. The summed E-state index contributed by atoms with van der Waals surface area (Å²) in [6.45, 7) is 2.99. The van der Waals surface area contributed by atoms with Crippen molar-refractivity contribution in [3.05, 3.63) is 70.7 Å². The molecule has 2 aromatic carbocycles. The van der Waals surface area contributed by atoms with E-state index in [0.717, 1.165) is 41.8 Å². The summed E-state index contributed by atoms with van der Waals surface area (Å²) in [4.78, 5) is 26.5. The molecule has 0 atom stereocenters. The van der Waals surface area contributed by atoms with Gasteiger partial charge in [-0.1, -0.05) is 11.3 Å². The summed E-state index contributed by atoms with van der Waals surface area (Å²) in [6.07, 6.45) is 1.09. The van der Waals surface area contributed by atoms with Gasteiger partial charge in [0.05, 0.1) is 16.0 Å². The fourth-order valence-electron chi connectivity index (χ4n) is 2.40. The van der Waals surface area contributed by atoms with E-state index in [9.17, 15) is 27.7 Å². The minimum Gasteiger partial charge on any atom is -0.478 e. The van der Waals surface area contributed by atoms with Crippen molar-refractivity contribution in [2.45, 2.75) is 28.6 Å². The molecule has 0 spiro atoms. The molecule has 3 aromatic rings. The summed E-state index contributed by atoms with van der Waals surface area (Å²) in [7, 11) is -3.97. The van der Waals surface area contributed by atoms with Gasteiger partial charge in [0.2, 0.25) is 9.84 Å². The van der Waals surface area contributed by atoms with Gasteiger partial charge >= 0.3 is 0 Å². The largest absolute Gasteiger partial charge is 0.478 e. The van der Waals surface area contributed by atoms with Crippen LogP contribution in [-0.4, -0.2) is 29.8 Å². The molecule has 9 nitrogen and oxygen atoms in total. The van der Waals surface area contributed by atoms with Crippen molar-refractivity contribution in [2.75, 3.05) is 5.32 Å². The number of rotatable bonds is 7. The molecule has 1 heterocycles. The highest BCUT2D eigenvalue weighted by atomic mass is 32.2. The van der Waals surface area contributed by atoms with Crippen LogP contribution in [0.3, 0.4) is 0 Å². The van der Waals surface area contributed by atoms with Gasteiger partial charge in [-0.15, -0.1) is 0 Å². The number of halogens is 1. The number of hydrogen-bond acceptors (Lipinski definition) is 8. The van der Waals surface area contributed by atoms with Gasteiger partial charge in [-0.25, -0.2) is 17.8 Å². The summed E-state index contributed by atoms with van der Waals surface area (Å²) in [5, 5.41) is 13.3. The van der Waals surface area contributed by atoms with Crippen molar-refractivity contribution < 1.29 is 27.3 Å². The summed E-state index contributed by atoms with van der Waals surface area (Å²) in [5.74, 6) is -0.758. The van der Waals surface area contributed by atoms with Gasteiger partial charge in [-0.05, 0) is 50.2 Å². The Bertz CT molecular complexity index is 1220. The van der Waals surface area contributed by atoms with Crippen LogP contribution in [0.15, 0.2) is 63.8 Å². The standard InChI is InChI=1S/C19H16FN3O6S2/c1-19(2,29-14-7-3-12(20)4-8-14)17(24)22-18-21-11-16(30-18)31(27,28)15-9-5-13(6-10-15)23(25)26/h3-11H,1-2H3,(H,21,22,24). The van der Waals surface area contributed by atoms with Crippen LogP contribution in [-0.2, 0) is 14.6 Å². The van der Waals surface area contributed by atoms with Crippen LogP contribution in [0.4, 0.5) is 15.2 Å². The van der Waals surface area contributed by atoms with Crippen LogP contribution in [0.1, 0.15) is 13.8 Å². The SMILES string of the molecule is CC(C)(Oc1ccc(F)cc1)C(=O)Nc1ncc(S(=O)(=O)c2ccc([N+](=O)[O-])cc2)s1. The first kappa shape index (κ1) is 22.3. The number of non-ortho nitro benzene ring substituents is 1. The second-order valence-corrected chi connectivity index (χ2v) is 9.97. The Morgan fingerprint density at radius 1 is 1.16 bits per heavy atom. The van der Waals surface area contributed by atoms with E-state index < -0.39 is 32.1 Å². The lowest BCUT2D eigenvalue weighted by Gasteiger charge is -2.24. The Hall–Kier alpha value is -3.38. The number of carbonyl (C=O) groups excluding carboxylic acids is 1. The van der Waals surface area contributed by atoms with E-state index in [1.54, 1.807) is 0 Å². The fraction of sp³-hybridized carbons (Fsp3) is 0.158. The molecule has 3 rings (SSSR count). The van der Waals surface area contributed by atoms with Gasteiger partial charge in [0.25, 0.3) is 11.6 Å². The number of nitro groups is 1. The van der Waals surface area contributed by atoms with E-state index in [2.05, 4.69) is 10.3 Å². The van der Waals surface area contributed by atoms with Crippen LogP contribution in [0.5, 0.6) is 5.75 Å². The molecule has 0 saturated carbocycles. The van der Waals surface area contributed by atoms with Gasteiger partial charge in [-0.3, -0.25) is 20.2 Å². The highest BCUT2D eigenvalue weighted by Gasteiger charge is 2.31. The highest BCUT2D eigenvalue weighted by molar-refractivity contribution is 7.93. The summed E-state index contributed by atoms with van der Waals surface area (Å²) >= 11 is 0.728. The van der Waals surface area contributed by atoms with Gasteiger partial charge < -0.3 is 4.74 Å². The lowest BCUT2D eigenvalue weighted by atomic mass is 10.1. The Kier molecular flexibility index (Phi) is 6.04. The minimum atomic E-state index is -3.97. The number of aromatic nitrogens is 1. The molecule has 0 bridgehead atoms. The minimum absolute atomic E-state index is 0.0290. The molecule has 0 fully saturated rings. The van der Waals surface area contributed by atoms with Crippen molar-refractivity contribution in [2.24, 2.45) is 0 Å². The van der Waals surface area contributed by atoms with Gasteiger partial charge in [0.15, 0.2) is 10.7 Å². The Labute approximate surface area is 180 Å². The molecule has 0 aliphatic heterocycles. The zero-order valence-corrected chi connectivity index (χ0v) is 17.9. The van der Waals surface area contributed by atoms with E-state index in [1.807, 2.05) is 0 Å². The second-order valence-electron chi connectivity index (χ2n) is 6.76. The van der Waals surface area contributed by atoms with E-state index >= 15 is 0 Å². The third-order valence-corrected chi connectivity index (χ3v) is 7.20. The molecule has 0 aliphatic carbocycles. The van der Waals surface area contributed by atoms with Crippen molar-refractivity contribution >= 4 is 37.9 Å². The van der Waals surface area contributed by atoms with Crippen LogP contribution in [0.25, 0.3) is 0 Å². The van der Waals surface area contributed by atoms with Crippen LogP contribution < -0.4 is 10.1 Å². The molecule has 1 aromatic heterocycles. The third kappa shape index (κ3) is 5.03. The van der Waals surface area contributed by atoms with Crippen LogP contribution >= 0.6 is 11.3 Å². The third-order valence-electron chi connectivity index (χ3n) is 4.06. The number of thiazole rings is 1. The highest BCUT2D eigenvalue weighted by Crippen LogP contribution is 2.30. The first-order chi connectivity index (χ1) is 14.5. The molecule has 1 N–H and O–H groups in total. The summed E-state index contributed by atoms with van der Waals surface area (Å²) in [5.41, 5.74) is -1.60. The zero-order chi connectivity index (χ0) is 22.8. The van der Waals surface area contributed by atoms with Crippen molar-refractivity contribution in [1.82, 2.24) is 4.98 Å². The number of carbonyl (C=O) groups is 1. The van der Waals surface area contributed by atoms with E-state index in [1.165, 1.54) is 38.1 Å². The van der Waals surface area contributed by atoms with Crippen molar-refractivity contribution in [3.63, 3.8) is 0 Å². The second kappa shape index (κ2) is 8.40. The Morgan fingerprint density at radius 2 is 1.77 bits per heavy atom. The number of hydrogen-bond donors (Lipinski definition) is 1. The van der Waals surface area contributed by atoms with Crippen molar-refractivity contribution in [1.29, 1.82) is 0 Å². The molecule has 162 valence electrons. The van der Waals surface area contributed by atoms with Crippen molar-refractivity contribution in [3.8, 4) is 5.75 Å². The fourth-order valence-corrected chi connectivity index (χ4v) is 4.82. The number of ether oxygens (including phenoxy) is 1. The molecule has 0 unspecified atom stereocenters.